The summed E-state index contributed by atoms with van der Waals surface area (Å²) >= 11 is 0. The molecule has 7 rings (SSSR count). The lowest BCUT2D eigenvalue weighted by Gasteiger charge is -2.71. The second-order valence-electron chi connectivity index (χ2n) is 20.5. The highest BCUT2D eigenvalue weighted by Gasteiger charge is 2.70. The molecule has 5 aliphatic carbocycles. The van der Waals surface area contributed by atoms with Crippen LogP contribution in [0.1, 0.15) is 106 Å². The van der Waals surface area contributed by atoms with E-state index in [4.69, 9.17) is 18.9 Å². The third-order valence-corrected chi connectivity index (χ3v) is 17.4. The van der Waals surface area contributed by atoms with Crippen molar-refractivity contribution in [3.63, 3.8) is 0 Å². The molecule has 2 saturated heterocycles. The van der Waals surface area contributed by atoms with E-state index in [2.05, 4.69) is 47.6 Å². The Kier molecular flexibility index (Phi) is 11.2. The number of fused-ring (bicyclic) bond motifs is 7. The highest BCUT2D eigenvalue weighted by molar-refractivity contribution is 5.79. The lowest BCUT2D eigenvalue weighted by molar-refractivity contribution is -0.324. The molecule has 19 atom stereocenters. The number of aliphatic carboxylic acids is 1. The van der Waals surface area contributed by atoms with E-state index >= 15 is 0 Å². The second kappa shape index (κ2) is 14.7. The maximum Gasteiger partial charge on any atom is 0.335 e. The number of hydrogen-bond donors (Lipinski definition) is 9. The third-order valence-electron chi connectivity index (χ3n) is 17.4. The zero-order valence-corrected chi connectivity index (χ0v) is 34.1. The average Bonchev–Trinajstić information content (AvgIpc) is 3.16. The van der Waals surface area contributed by atoms with Gasteiger partial charge in [0.1, 0.15) is 42.7 Å². The van der Waals surface area contributed by atoms with Gasteiger partial charge in [-0.3, -0.25) is 4.79 Å². The summed E-state index contributed by atoms with van der Waals surface area (Å²) in [6, 6.07) is 0. The summed E-state index contributed by atoms with van der Waals surface area (Å²) < 4.78 is 23.5. The van der Waals surface area contributed by atoms with Crippen LogP contribution in [-0.4, -0.2) is 139 Å². The van der Waals surface area contributed by atoms with Crippen molar-refractivity contribution in [3.8, 4) is 0 Å². The molecule has 0 bridgehead atoms. The van der Waals surface area contributed by atoms with Crippen LogP contribution in [-0.2, 0) is 28.5 Å². The summed E-state index contributed by atoms with van der Waals surface area (Å²) in [5, 5.41) is 93.1. The summed E-state index contributed by atoms with van der Waals surface area (Å²) in [7, 11) is 0. The van der Waals surface area contributed by atoms with Gasteiger partial charge in [0.05, 0.1) is 18.1 Å². The molecule has 324 valence electrons. The van der Waals surface area contributed by atoms with Gasteiger partial charge >= 0.3 is 11.9 Å². The summed E-state index contributed by atoms with van der Waals surface area (Å²) in [6.07, 6.45) is -7.44. The molecular weight excluding hydrogens is 744 g/mol. The van der Waals surface area contributed by atoms with Crippen LogP contribution in [0.5, 0.6) is 0 Å². The van der Waals surface area contributed by atoms with Crippen molar-refractivity contribution in [1.82, 2.24) is 0 Å². The quantitative estimate of drug-likeness (QED) is 0.100. The number of carboxylic acids is 1. The van der Waals surface area contributed by atoms with Crippen molar-refractivity contribution < 1.29 is 74.5 Å². The van der Waals surface area contributed by atoms with Gasteiger partial charge in [-0.25, -0.2) is 4.79 Å². The molecule has 9 N–H and O–H groups in total. The van der Waals surface area contributed by atoms with E-state index in [1.54, 1.807) is 0 Å². The summed E-state index contributed by atoms with van der Waals surface area (Å²) in [5.74, 6) is -1.85. The maximum atomic E-state index is 14.6. The van der Waals surface area contributed by atoms with Crippen molar-refractivity contribution in [1.29, 1.82) is 0 Å². The lowest BCUT2D eigenvalue weighted by atomic mass is 9.33. The van der Waals surface area contributed by atoms with Crippen molar-refractivity contribution in [2.75, 3.05) is 13.2 Å². The molecule has 57 heavy (non-hydrogen) atoms. The van der Waals surface area contributed by atoms with Gasteiger partial charge in [-0.2, -0.15) is 0 Å². The van der Waals surface area contributed by atoms with Crippen molar-refractivity contribution in [3.05, 3.63) is 11.6 Å². The second-order valence-corrected chi connectivity index (χ2v) is 20.5. The molecule has 0 aromatic rings. The Bertz CT molecular complexity index is 1590. The van der Waals surface area contributed by atoms with E-state index in [0.29, 0.717) is 38.5 Å². The van der Waals surface area contributed by atoms with Crippen molar-refractivity contribution in [2.24, 2.45) is 50.2 Å². The van der Waals surface area contributed by atoms with Crippen LogP contribution in [0.3, 0.4) is 0 Å². The van der Waals surface area contributed by atoms with E-state index < -0.39 is 102 Å². The zero-order chi connectivity index (χ0) is 41.8. The fourth-order valence-electron chi connectivity index (χ4n) is 13.6. The van der Waals surface area contributed by atoms with Crippen LogP contribution in [0.4, 0.5) is 0 Å². The van der Waals surface area contributed by atoms with E-state index in [1.165, 1.54) is 5.57 Å². The maximum absolute atomic E-state index is 14.6. The van der Waals surface area contributed by atoms with Crippen LogP contribution in [0.15, 0.2) is 11.6 Å². The highest BCUT2D eigenvalue weighted by Crippen LogP contribution is 2.76. The first-order valence-electron chi connectivity index (χ1n) is 21.0. The third kappa shape index (κ3) is 6.39. The van der Waals surface area contributed by atoms with Gasteiger partial charge in [-0.05, 0) is 109 Å². The number of esters is 1. The summed E-state index contributed by atoms with van der Waals surface area (Å²) in [5.41, 5.74) is -1.28. The number of ether oxygens (including phenoxy) is 4. The molecule has 0 spiro atoms. The topological polar surface area (TPSA) is 253 Å². The number of carbonyl (C=O) groups excluding carboxylic acids is 1. The van der Waals surface area contributed by atoms with Crippen LogP contribution < -0.4 is 0 Å². The Morgan fingerprint density at radius 3 is 2.05 bits per heavy atom. The van der Waals surface area contributed by atoms with Crippen molar-refractivity contribution in [2.45, 2.75) is 173 Å². The van der Waals surface area contributed by atoms with Crippen molar-refractivity contribution >= 4 is 11.9 Å². The molecule has 0 amide bonds. The minimum Gasteiger partial charge on any atom is -0.479 e. The SMILES string of the molecule is CC1(C)[C@@H](O[C@@H]2O[C@H](C(=O)O)[C@@H](O)[C@H](O)[C@H]2O)CC[C@]2(C)[C@H]3CC=C4[C@H]5C[C@@](C)(CO)CC[C@]5(C(=O)O[C@@H]5O[C@H](CO)[C@@H](O)[C@H](O)[C@H]5O)CC[C@@]4(C)[C@]3(C)CC[C@@H]12. The molecule has 15 nitrogen and oxygen atoms in total. The summed E-state index contributed by atoms with van der Waals surface area (Å²) in [6.45, 7) is 12.8. The number of rotatable bonds is 7. The van der Waals surface area contributed by atoms with Gasteiger partial charge in [0, 0.05) is 6.61 Å². The average molecular weight is 811 g/mol. The van der Waals surface area contributed by atoms with Crippen LogP contribution in [0.25, 0.3) is 0 Å². The van der Waals surface area contributed by atoms with Crippen LogP contribution >= 0.6 is 0 Å². The van der Waals surface area contributed by atoms with Crippen LogP contribution in [0.2, 0.25) is 0 Å². The number of carboxylic acid groups (broad SMARTS) is 1. The number of aliphatic hydroxyl groups is 8. The number of allylic oxidation sites excluding steroid dienone is 2. The summed E-state index contributed by atoms with van der Waals surface area (Å²) in [4.78, 5) is 26.4. The minimum atomic E-state index is -1.80. The normalized spacial score (nSPS) is 53.3. The number of aliphatic hydroxyl groups excluding tert-OH is 8. The molecule has 6 fully saturated rings. The van der Waals surface area contributed by atoms with Crippen LogP contribution in [0, 0.1) is 50.2 Å². The molecule has 15 heteroatoms. The molecule has 0 aromatic heterocycles. The first kappa shape index (κ1) is 43.3. The van der Waals surface area contributed by atoms with E-state index in [0.717, 1.165) is 25.7 Å². The van der Waals surface area contributed by atoms with Gasteiger partial charge in [-0.15, -0.1) is 0 Å². The van der Waals surface area contributed by atoms with Gasteiger partial charge in [0.25, 0.3) is 0 Å². The Labute approximate surface area is 334 Å². The Morgan fingerprint density at radius 1 is 0.754 bits per heavy atom. The Hall–Kier alpha value is -1.76. The predicted molar refractivity (Wildman–Crippen MR) is 200 cm³/mol. The molecule has 7 aliphatic rings. The standard InChI is InChI=1S/C42H66O15/c1-37(2)23-9-12-41(6)24(39(23,4)11-10-25(37)55-35-31(50)28(47)29(48)32(56-35)33(51)52)8-7-20-21-17-38(3,19-44)13-15-42(21,16-14-40(20,41)5)36(53)57-34-30(49)27(46)26(45)22(18-43)54-34/h7,21-32,34-35,43-50H,8-19H2,1-6H3,(H,51,52)/t21-,22-,23+,24-,25+,26-,27+,28+,29+,30-,31-,32+,34+,35-,38+,39+,40-,41-,42+/m1/s1. The molecule has 2 heterocycles. The van der Waals surface area contributed by atoms with E-state index in [1.807, 2.05) is 0 Å². The smallest absolute Gasteiger partial charge is 0.335 e. The Morgan fingerprint density at radius 2 is 1.40 bits per heavy atom. The van der Waals surface area contributed by atoms with Gasteiger partial charge in [0.2, 0.25) is 6.29 Å². The van der Waals surface area contributed by atoms with Gasteiger partial charge < -0.3 is 64.9 Å². The monoisotopic (exact) mass is 810 g/mol. The minimum absolute atomic E-state index is 0.0390. The predicted octanol–water partition coefficient (Wildman–Crippen LogP) is 1.38. The first-order valence-corrected chi connectivity index (χ1v) is 21.0. The molecule has 0 unspecified atom stereocenters. The molecular formula is C42H66O15. The largest absolute Gasteiger partial charge is 0.479 e. The highest BCUT2D eigenvalue weighted by atomic mass is 16.7. The zero-order valence-electron chi connectivity index (χ0n) is 34.1. The fourth-order valence-corrected chi connectivity index (χ4v) is 13.6. The molecule has 0 radical (unpaired) electrons. The van der Waals surface area contributed by atoms with Gasteiger partial charge in [-0.1, -0.05) is 53.2 Å². The Balaban J connectivity index is 1.17. The lowest BCUT2D eigenvalue weighted by Crippen LogP contribution is -2.66. The molecule has 4 saturated carbocycles. The van der Waals surface area contributed by atoms with Gasteiger partial charge in [0.15, 0.2) is 12.4 Å². The molecule has 2 aliphatic heterocycles. The number of hydrogen-bond acceptors (Lipinski definition) is 14. The van der Waals surface area contributed by atoms with E-state index in [9.17, 15) is 55.5 Å². The molecule has 0 aromatic carbocycles. The van der Waals surface area contributed by atoms with E-state index in [-0.39, 0.29) is 40.6 Å². The first-order chi connectivity index (χ1) is 26.5. The fraction of sp³-hybridized carbons (Fsp3) is 0.905. The number of carbonyl (C=O) groups is 2.